The molecule has 0 aliphatic heterocycles. The molecule has 0 unspecified atom stereocenters. The van der Waals surface area contributed by atoms with Gasteiger partial charge >= 0.3 is 10.2 Å². The summed E-state index contributed by atoms with van der Waals surface area (Å²) in [6, 6.07) is 6.40. The second-order valence-corrected chi connectivity index (χ2v) is 9.47. The summed E-state index contributed by atoms with van der Waals surface area (Å²) in [6.07, 6.45) is 0. The second-order valence-electron chi connectivity index (χ2n) is 5.24. The quantitative estimate of drug-likeness (QED) is 0.779. The molecule has 0 fully saturated rings. The van der Waals surface area contributed by atoms with E-state index in [4.69, 9.17) is 0 Å². The summed E-state index contributed by atoms with van der Waals surface area (Å²) in [5, 5.41) is -0.437. The average molecular weight is 348 g/mol. The van der Waals surface area contributed by atoms with E-state index in [1.54, 1.807) is 52.0 Å². The van der Waals surface area contributed by atoms with Crippen molar-refractivity contribution in [1.82, 2.24) is 4.31 Å². The van der Waals surface area contributed by atoms with Crippen molar-refractivity contribution in [1.29, 1.82) is 0 Å². The zero-order valence-electron chi connectivity index (χ0n) is 13.4. The summed E-state index contributed by atoms with van der Waals surface area (Å²) in [7, 11) is -6.74. The lowest BCUT2D eigenvalue weighted by molar-refractivity contribution is 0.449. The maximum Gasteiger partial charge on any atom is 0.301 e. The van der Waals surface area contributed by atoms with Crippen LogP contribution < -0.4 is 4.72 Å². The largest absolute Gasteiger partial charge is 0.301 e. The number of hydrogen-bond acceptors (Lipinski definition) is 4. The van der Waals surface area contributed by atoms with Crippen molar-refractivity contribution in [2.45, 2.75) is 38.7 Å². The molecule has 1 rings (SSSR count). The Bertz CT molecular complexity index is 676. The molecule has 0 aliphatic rings. The number of nitrogens with zero attached hydrogens (tertiary/aromatic N) is 1. The van der Waals surface area contributed by atoms with Gasteiger partial charge in [-0.3, -0.25) is 4.72 Å². The predicted molar refractivity (Wildman–Crippen MR) is 89.7 cm³/mol. The minimum atomic E-state index is -3.57. The Hall–Kier alpha value is -1.12. The van der Waals surface area contributed by atoms with Crippen molar-refractivity contribution in [3.8, 4) is 0 Å². The van der Waals surface area contributed by atoms with E-state index in [1.165, 1.54) is 4.31 Å². The normalized spacial score (nSPS) is 12.8. The zero-order chi connectivity index (χ0) is 17.0. The number of benzene rings is 1. The van der Waals surface area contributed by atoms with E-state index in [9.17, 15) is 16.8 Å². The van der Waals surface area contributed by atoms with E-state index in [0.29, 0.717) is 24.3 Å². The molecule has 1 aromatic rings. The standard InChI is InChI=1S/C14H24N2O4S2/c1-5-16(6-2)22(19,20)15-14-9-7-13(8-10-14)11-21(17,18)12(3)4/h7-10,12,15H,5-6,11H2,1-4H3. The van der Waals surface area contributed by atoms with Crippen LogP contribution in [-0.4, -0.2) is 39.5 Å². The molecule has 1 N–H and O–H groups in total. The van der Waals surface area contributed by atoms with Gasteiger partial charge in [0.15, 0.2) is 9.84 Å². The molecule has 0 heterocycles. The second kappa shape index (κ2) is 7.43. The van der Waals surface area contributed by atoms with Crippen molar-refractivity contribution in [2.75, 3.05) is 17.8 Å². The van der Waals surface area contributed by atoms with Gasteiger partial charge in [-0.1, -0.05) is 26.0 Å². The Morgan fingerprint density at radius 1 is 1.00 bits per heavy atom. The van der Waals surface area contributed by atoms with Crippen LogP contribution in [0.2, 0.25) is 0 Å². The van der Waals surface area contributed by atoms with E-state index in [-0.39, 0.29) is 5.75 Å². The van der Waals surface area contributed by atoms with Crippen molar-refractivity contribution in [2.24, 2.45) is 0 Å². The lowest BCUT2D eigenvalue weighted by Crippen LogP contribution is -2.35. The van der Waals surface area contributed by atoms with Crippen molar-refractivity contribution < 1.29 is 16.8 Å². The molecule has 0 atom stereocenters. The van der Waals surface area contributed by atoms with Crippen LogP contribution in [-0.2, 0) is 25.8 Å². The monoisotopic (exact) mass is 348 g/mol. The number of sulfone groups is 1. The molecule has 8 heteroatoms. The molecule has 0 aromatic heterocycles. The lowest BCUT2D eigenvalue weighted by Gasteiger charge is -2.19. The molecule has 1 aromatic carbocycles. The number of anilines is 1. The first kappa shape index (κ1) is 18.9. The summed E-state index contributed by atoms with van der Waals surface area (Å²) >= 11 is 0. The first-order chi connectivity index (χ1) is 10.1. The molecule has 0 saturated heterocycles. The Balaban J connectivity index is 2.86. The Kier molecular flexibility index (Phi) is 6.39. The summed E-state index contributed by atoms with van der Waals surface area (Å²) in [5.74, 6) is -0.0479. The minimum absolute atomic E-state index is 0.0479. The van der Waals surface area contributed by atoms with Gasteiger partial charge in [-0.2, -0.15) is 12.7 Å². The third-order valence-corrected chi connectivity index (χ3v) is 7.19. The van der Waals surface area contributed by atoms with Crippen molar-refractivity contribution >= 4 is 25.7 Å². The SMILES string of the molecule is CCN(CC)S(=O)(=O)Nc1ccc(CS(=O)(=O)C(C)C)cc1. The summed E-state index contributed by atoms with van der Waals surface area (Å²) in [6.45, 7) is 7.59. The van der Waals surface area contributed by atoms with Gasteiger partial charge in [-0.25, -0.2) is 8.42 Å². The van der Waals surface area contributed by atoms with Crippen LogP contribution in [0.15, 0.2) is 24.3 Å². The molecule has 0 radical (unpaired) electrons. The van der Waals surface area contributed by atoms with Crippen LogP contribution in [0.25, 0.3) is 0 Å². The van der Waals surface area contributed by atoms with Crippen LogP contribution in [0, 0.1) is 0 Å². The smallest absolute Gasteiger partial charge is 0.271 e. The fraction of sp³-hybridized carbons (Fsp3) is 0.571. The van der Waals surface area contributed by atoms with Gasteiger partial charge in [0.2, 0.25) is 0 Å². The molecule has 0 saturated carbocycles. The van der Waals surface area contributed by atoms with Crippen LogP contribution in [0.3, 0.4) is 0 Å². The number of rotatable bonds is 8. The maximum absolute atomic E-state index is 12.1. The van der Waals surface area contributed by atoms with E-state index in [1.807, 2.05) is 0 Å². The highest BCUT2D eigenvalue weighted by Gasteiger charge is 2.19. The highest BCUT2D eigenvalue weighted by atomic mass is 32.2. The molecule has 0 bridgehead atoms. The van der Waals surface area contributed by atoms with E-state index < -0.39 is 25.3 Å². The van der Waals surface area contributed by atoms with Gasteiger partial charge < -0.3 is 0 Å². The van der Waals surface area contributed by atoms with Crippen LogP contribution >= 0.6 is 0 Å². The van der Waals surface area contributed by atoms with Crippen LogP contribution in [0.4, 0.5) is 5.69 Å². The van der Waals surface area contributed by atoms with Crippen molar-refractivity contribution in [3.63, 3.8) is 0 Å². The van der Waals surface area contributed by atoms with Crippen LogP contribution in [0.1, 0.15) is 33.3 Å². The summed E-state index contributed by atoms with van der Waals surface area (Å²) in [4.78, 5) is 0. The molecule has 126 valence electrons. The Morgan fingerprint density at radius 3 is 1.91 bits per heavy atom. The first-order valence-electron chi connectivity index (χ1n) is 7.20. The van der Waals surface area contributed by atoms with Gasteiger partial charge in [0, 0.05) is 18.8 Å². The molecule has 6 nitrogen and oxygen atoms in total. The maximum atomic E-state index is 12.1. The topological polar surface area (TPSA) is 83.6 Å². The highest BCUT2D eigenvalue weighted by Crippen LogP contribution is 2.16. The third kappa shape index (κ3) is 4.96. The van der Waals surface area contributed by atoms with Crippen molar-refractivity contribution in [3.05, 3.63) is 29.8 Å². The highest BCUT2D eigenvalue weighted by molar-refractivity contribution is 7.91. The van der Waals surface area contributed by atoms with Gasteiger partial charge in [-0.15, -0.1) is 0 Å². The Labute approximate surface area is 133 Å². The van der Waals surface area contributed by atoms with Gasteiger partial charge in [0.05, 0.1) is 11.0 Å². The average Bonchev–Trinajstić information content (AvgIpc) is 2.41. The fourth-order valence-corrected chi connectivity index (χ4v) is 4.08. The summed E-state index contributed by atoms with van der Waals surface area (Å²) in [5.41, 5.74) is 1.05. The molecule has 0 spiro atoms. The fourth-order valence-electron chi connectivity index (χ4n) is 1.84. The van der Waals surface area contributed by atoms with Gasteiger partial charge in [-0.05, 0) is 31.5 Å². The lowest BCUT2D eigenvalue weighted by atomic mass is 10.2. The van der Waals surface area contributed by atoms with Gasteiger partial charge in [0.1, 0.15) is 0 Å². The van der Waals surface area contributed by atoms with E-state index in [2.05, 4.69) is 4.72 Å². The van der Waals surface area contributed by atoms with Crippen LogP contribution in [0.5, 0.6) is 0 Å². The molecule has 0 amide bonds. The third-order valence-electron chi connectivity index (χ3n) is 3.33. The Morgan fingerprint density at radius 2 is 1.50 bits per heavy atom. The van der Waals surface area contributed by atoms with E-state index >= 15 is 0 Å². The molecule has 22 heavy (non-hydrogen) atoms. The summed E-state index contributed by atoms with van der Waals surface area (Å²) < 4.78 is 51.7. The zero-order valence-corrected chi connectivity index (χ0v) is 15.0. The minimum Gasteiger partial charge on any atom is -0.271 e. The number of nitrogens with one attached hydrogen (secondary N) is 1. The molecular formula is C14H24N2O4S2. The number of hydrogen-bond donors (Lipinski definition) is 1. The van der Waals surface area contributed by atoms with E-state index in [0.717, 1.165) is 0 Å². The first-order valence-corrected chi connectivity index (χ1v) is 10.4. The molecular weight excluding hydrogens is 324 g/mol. The van der Waals surface area contributed by atoms with Gasteiger partial charge in [0.25, 0.3) is 0 Å². The molecule has 0 aliphatic carbocycles. The predicted octanol–water partition coefficient (Wildman–Crippen LogP) is 2.01.